The van der Waals surface area contributed by atoms with Gasteiger partial charge in [-0.15, -0.1) is 0 Å². The molecule has 5 heteroatoms. The van der Waals surface area contributed by atoms with E-state index in [9.17, 15) is 8.78 Å². The molecule has 0 aromatic heterocycles. The normalized spacial score (nSPS) is 26.8. The standard InChI is InChI=1S/C9H10F2N2O/c10-5-1-2-7(11)6(3-5)8-4-9(14)13-12-8/h1-3,8-9,12-14H,4H2. The Balaban J connectivity index is 2.27. The fraction of sp³-hybridized carbons (Fsp3) is 0.333. The van der Waals surface area contributed by atoms with Crippen LogP contribution in [0.25, 0.3) is 0 Å². The molecule has 3 N–H and O–H groups in total. The van der Waals surface area contributed by atoms with Crippen molar-refractivity contribution in [2.24, 2.45) is 0 Å². The van der Waals surface area contributed by atoms with Gasteiger partial charge in [0.2, 0.25) is 0 Å². The lowest BCUT2D eigenvalue weighted by molar-refractivity contribution is 0.153. The van der Waals surface area contributed by atoms with E-state index in [4.69, 9.17) is 5.11 Å². The van der Waals surface area contributed by atoms with Crippen molar-refractivity contribution in [3.05, 3.63) is 35.4 Å². The molecule has 1 saturated heterocycles. The molecule has 14 heavy (non-hydrogen) atoms. The van der Waals surface area contributed by atoms with Gasteiger partial charge in [-0.2, -0.15) is 0 Å². The van der Waals surface area contributed by atoms with E-state index in [0.29, 0.717) is 6.42 Å². The lowest BCUT2D eigenvalue weighted by Crippen LogP contribution is -2.30. The molecule has 0 saturated carbocycles. The van der Waals surface area contributed by atoms with Crippen molar-refractivity contribution in [1.29, 1.82) is 0 Å². The molecule has 1 aliphatic rings. The number of hydrogen-bond acceptors (Lipinski definition) is 3. The predicted octanol–water partition coefficient (Wildman–Crippen LogP) is 0.822. The van der Waals surface area contributed by atoms with Gasteiger partial charge in [0, 0.05) is 12.0 Å². The summed E-state index contributed by atoms with van der Waals surface area (Å²) in [5, 5.41) is 9.13. The van der Waals surface area contributed by atoms with Crippen LogP contribution in [0.4, 0.5) is 8.78 Å². The van der Waals surface area contributed by atoms with Crippen LogP contribution in [0.1, 0.15) is 18.0 Å². The minimum atomic E-state index is -0.720. The molecule has 0 aliphatic carbocycles. The highest BCUT2D eigenvalue weighted by atomic mass is 19.1. The first-order chi connectivity index (χ1) is 6.66. The molecule has 1 aliphatic heterocycles. The van der Waals surface area contributed by atoms with Gasteiger partial charge in [0.25, 0.3) is 0 Å². The summed E-state index contributed by atoms with van der Waals surface area (Å²) in [6.45, 7) is 0. The number of rotatable bonds is 1. The molecule has 0 spiro atoms. The zero-order valence-electron chi connectivity index (χ0n) is 7.30. The Hall–Kier alpha value is -1.04. The Labute approximate surface area is 79.7 Å². The second-order valence-electron chi connectivity index (χ2n) is 3.26. The van der Waals surface area contributed by atoms with E-state index in [0.717, 1.165) is 18.2 Å². The maximum atomic E-state index is 13.2. The second-order valence-corrected chi connectivity index (χ2v) is 3.26. The van der Waals surface area contributed by atoms with Crippen molar-refractivity contribution in [1.82, 2.24) is 10.9 Å². The van der Waals surface area contributed by atoms with Crippen molar-refractivity contribution in [3.8, 4) is 0 Å². The molecule has 0 bridgehead atoms. The lowest BCUT2D eigenvalue weighted by Gasteiger charge is -2.10. The summed E-state index contributed by atoms with van der Waals surface area (Å²) in [7, 11) is 0. The largest absolute Gasteiger partial charge is 0.377 e. The topological polar surface area (TPSA) is 44.3 Å². The molecule has 3 nitrogen and oxygen atoms in total. The van der Waals surface area contributed by atoms with Crippen LogP contribution in [0, 0.1) is 11.6 Å². The molecular weight excluding hydrogens is 190 g/mol. The van der Waals surface area contributed by atoms with Crippen LogP contribution in [-0.4, -0.2) is 11.3 Å². The van der Waals surface area contributed by atoms with Gasteiger partial charge in [-0.1, -0.05) is 0 Å². The lowest BCUT2D eigenvalue weighted by atomic mass is 10.0. The highest BCUT2D eigenvalue weighted by Gasteiger charge is 2.25. The van der Waals surface area contributed by atoms with Gasteiger partial charge in [-0.3, -0.25) is 0 Å². The second kappa shape index (κ2) is 3.61. The first kappa shape index (κ1) is 9.51. The van der Waals surface area contributed by atoms with Crippen LogP contribution < -0.4 is 10.9 Å². The van der Waals surface area contributed by atoms with Gasteiger partial charge >= 0.3 is 0 Å². The Morgan fingerprint density at radius 2 is 2.07 bits per heavy atom. The van der Waals surface area contributed by atoms with Crippen LogP contribution in [0.3, 0.4) is 0 Å². The quantitative estimate of drug-likeness (QED) is 0.629. The van der Waals surface area contributed by atoms with E-state index in [1.54, 1.807) is 0 Å². The SMILES string of the molecule is OC1CC(c2cc(F)ccc2F)NN1. The Bertz CT molecular complexity index is 346. The molecule has 1 aromatic carbocycles. The smallest absolute Gasteiger partial charge is 0.128 e. The van der Waals surface area contributed by atoms with E-state index in [2.05, 4.69) is 10.9 Å². The summed E-state index contributed by atoms with van der Waals surface area (Å²) in [6.07, 6.45) is -0.400. The molecule has 1 aromatic rings. The van der Waals surface area contributed by atoms with Crippen molar-refractivity contribution >= 4 is 0 Å². The highest BCUT2D eigenvalue weighted by molar-refractivity contribution is 5.23. The summed E-state index contributed by atoms with van der Waals surface area (Å²) in [5.41, 5.74) is 5.45. The fourth-order valence-electron chi connectivity index (χ4n) is 1.52. The molecule has 2 unspecified atom stereocenters. The van der Waals surface area contributed by atoms with E-state index in [1.165, 1.54) is 0 Å². The summed E-state index contributed by atoms with van der Waals surface area (Å²) < 4.78 is 26.1. The molecular formula is C9H10F2N2O. The third-order valence-electron chi connectivity index (χ3n) is 2.22. The van der Waals surface area contributed by atoms with Crippen LogP contribution >= 0.6 is 0 Å². The predicted molar refractivity (Wildman–Crippen MR) is 46.0 cm³/mol. The van der Waals surface area contributed by atoms with E-state index < -0.39 is 17.9 Å². The maximum absolute atomic E-state index is 13.2. The number of aliphatic hydroxyl groups excluding tert-OH is 1. The third-order valence-corrected chi connectivity index (χ3v) is 2.22. The highest BCUT2D eigenvalue weighted by Crippen LogP contribution is 2.24. The Kier molecular flexibility index (Phi) is 2.45. The van der Waals surface area contributed by atoms with Crippen molar-refractivity contribution < 1.29 is 13.9 Å². The van der Waals surface area contributed by atoms with E-state index >= 15 is 0 Å². The third kappa shape index (κ3) is 1.75. The van der Waals surface area contributed by atoms with Gasteiger partial charge in [-0.05, 0) is 18.2 Å². The molecule has 0 radical (unpaired) electrons. The maximum Gasteiger partial charge on any atom is 0.128 e. The average molecular weight is 200 g/mol. The van der Waals surface area contributed by atoms with Crippen LogP contribution in [0.5, 0.6) is 0 Å². The van der Waals surface area contributed by atoms with E-state index in [-0.39, 0.29) is 11.6 Å². The molecule has 2 atom stereocenters. The number of halogens is 2. The summed E-state index contributed by atoms with van der Waals surface area (Å²) >= 11 is 0. The molecule has 1 fully saturated rings. The number of nitrogens with one attached hydrogen (secondary N) is 2. The van der Waals surface area contributed by atoms with Crippen LogP contribution in [0.15, 0.2) is 18.2 Å². The van der Waals surface area contributed by atoms with Gasteiger partial charge in [0.1, 0.15) is 17.9 Å². The van der Waals surface area contributed by atoms with Gasteiger partial charge in [-0.25, -0.2) is 19.6 Å². The number of hydrogen-bond donors (Lipinski definition) is 3. The number of benzene rings is 1. The zero-order valence-corrected chi connectivity index (χ0v) is 7.30. The Morgan fingerprint density at radius 3 is 2.71 bits per heavy atom. The average Bonchev–Trinajstić information content (AvgIpc) is 2.56. The minimum absolute atomic E-state index is 0.231. The summed E-state index contributed by atoms with van der Waals surface area (Å²) in [6, 6.07) is 2.89. The van der Waals surface area contributed by atoms with Crippen molar-refractivity contribution in [2.45, 2.75) is 18.7 Å². The van der Waals surface area contributed by atoms with Crippen LogP contribution in [-0.2, 0) is 0 Å². The summed E-state index contributed by atoms with van der Waals surface area (Å²) in [4.78, 5) is 0. The first-order valence-corrected chi connectivity index (χ1v) is 4.31. The number of aliphatic hydroxyl groups is 1. The van der Waals surface area contributed by atoms with Crippen molar-refractivity contribution in [3.63, 3.8) is 0 Å². The minimum Gasteiger partial charge on any atom is -0.377 e. The van der Waals surface area contributed by atoms with Crippen molar-refractivity contribution in [2.75, 3.05) is 0 Å². The molecule has 76 valence electrons. The summed E-state index contributed by atoms with van der Waals surface area (Å²) in [5.74, 6) is -0.954. The van der Waals surface area contributed by atoms with Gasteiger partial charge in [0.15, 0.2) is 0 Å². The molecule has 0 amide bonds. The zero-order chi connectivity index (χ0) is 10.1. The Morgan fingerprint density at radius 1 is 1.29 bits per heavy atom. The van der Waals surface area contributed by atoms with E-state index in [1.807, 2.05) is 0 Å². The fourth-order valence-corrected chi connectivity index (χ4v) is 1.52. The number of hydrazine groups is 1. The molecule has 1 heterocycles. The first-order valence-electron chi connectivity index (χ1n) is 4.31. The molecule has 2 rings (SSSR count). The van der Waals surface area contributed by atoms with Gasteiger partial charge < -0.3 is 5.11 Å². The van der Waals surface area contributed by atoms with Gasteiger partial charge in [0.05, 0.1) is 6.04 Å². The monoisotopic (exact) mass is 200 g/mol. The van der Waals surface area contributed by atoms with Crippen LogP contribution in [0.2, 0.25) is 0 Å².